The van der Waals surface area contributed by atoms with E-state index in [-0.39, 0.29) is 0 Å². The minimum Gasteiger partial charge on any atom is -0.550 e. The van der Waals surface area contributed by atoms with E-state index in [1.807, 2.05) is 12.3 Å². The average Bonchev–Trinajstić information content (AvgIpc) is 2.19. The van der Waals surface area contributed by atoms with Crippen molar-refractivity contribution >= 4 is 8.32 Å². The smallest absolute Gasteiger partial charge is 0.241 e. The van der Waals surface area contributed by atoms with Gasteiger partial charge in [-0.3, -0.25) is 0 Å². The summed E-state index contributed by atoms with van der Waals surface area (Å²) in [7, 11) is -1.37. The van der Waals surface area contributed by atoms with Gasteiger partial charge in [0.15, 0.2) is 0 Å². The fourth-order valence-electron chi connectivity index (χ4n) is 1.33. The van der Waals surface area contributed by atoms with Crippen LogP contribution in [0.1, 0.15) is 45.4 Å². The molecular weight excluding hydrogens is 212 g/mol. The second-order valence-corrected chi connectivity index (χ2v) is 9.65. The van der Waals surface area contributed by atoms with E-state index >= 15 is 0 Å². The molecule has 0 unspecified atom stereocenters. The standard InChI is InChI=1S/C14H28OSi/c1-5-6-7-8-9-10-11-12-13-14-15-16(2,3)4/h11-14H,5-10H2,1-4H3/b12-11+,14-13+. The molecule has 0 rings (SSSR count). The highest BCUT2D eigenvalue weighted by Crippen LogP contribution is 2.05. The molecule has 0 N–H and O–H groups in total. The number of unbranched alkanes of at least 4 members (excludes halogenated alkanes) is 5. The van der Waals surface area contributed by atoms with Crippen LogP contribution in [0.15, 0.2) is 24.5 Å². The zero-order chi connectivity index (χ0) is 12.3. The largest absolute Gasteiger partial charge is 0.550 e. The van der Waals surface area contributed by atoms with Crippen molar-refractivity contribution in [2.75, 3.05) is 0 Å². The number of hydrogen-bond acceptors (Lipinski definition) is 1. The van der Waals surface area contributed by atoms with Crippen LogP contribution in [0.3, 0.4) is 0 Å². The Bertz CT molecular complexity index is 201. The normalized spacial score (nSPS) is 12.8. The summed E-state index contributed by atoms with van der Waals surface area (Å²) in [6.07, 6.45) is 16.1. The molecule has 0 amide bonds. The van der Waals surface area contributed by atoms with Crippen LogP contribution < -0.4 is 0 Å². The Labute approximate surface area is 103 Å². The average molecular weight is 240 g/mol. The Morgan fingerprint density at radius 1 is 0.938 bits per heavy atom. The van der Waals surface area contributed by atoms with E-state index in [0.717, 1.165) is 0 Å². The predicted octanol–water partition coefficient (Wildman–Crippen LogP) is 5.27. The van der Waals surface area contributed by atoms with Crippen LogP contribution in [-0.2, 0) is 4.43 Å². The number of hydrogen-bond donors (Lipinski definition) is 0. The van der Waals surface area contributed by atoms with Gasteiger partial charge in [0.2, 0.25) is 8.32 Å². The van der Waals surface area contributed by atoms with Crippen LogP contribution in [-0.4, -0.2) is 8.32 Å². The highest BCUT2D eigenvalue weighted by atomic mass is 28.4. The van der Waals surface area contributed by atoms with Gasteiger partial charge in [-0.1, -0.05) is 44.8 Å². The summed E-state index contributed by atoms with van der Waals surface area (Å²) < 4.78 is 5.60. The van der Waals surface area contributed by atoms with Gasteiger partial charge in [0.25, 0.3) is 0 Å². The molecule has 0 radical (unpaired) electrons. The minimum absolute atomic E-state index is 1.20. The lowest BCUT2D eigenvalue weighted by molar-refractivity contribution is 0.479. The second-order valence-electron chi connectivity index (χ2n) is 5.19. The van der Waals surface area contributed by atoms with Gasteiger partial charge in [-0.25, -0.2) is 0 Å². The lowest BCUT2D eigenvalue weighted by Crippen LogP contribution is -2.21. The van der Waals surface area contributed by atoms with Crippen molar-refractivity contribution in [1.82, 2.24) is 0 Å². The molecule has 0 atom stereocenters. The van der Waals surface area contributed by atoms with Gasteiger partial charge in [-0.05, 0) is 38.6 Å². The molecule has 0 aromatic carbocycles. The third-order valence-electron chi connectivity index (χ3n) is 2.22. The van der Waals surface area contributed by atoms with E-state index in [1.54, 1.807) is 0 Å². The molecule has 0 fully saturated rings. The van der Waals surface area contributed by atoms with Gasteiger partial charge in [0.1, 0.15) is 0 Å². The van der Waals surface area contributed by atoms with Gasteiger partial charge < -0.3 is 4.43 Å². The van der Waals surface area contributed by atoms with Crippen LogP contribution in [0, 0.1) is 0 Å². The third-order valence-corrected chi connectivity index (χ3v) is 3.06. The molecule has 0 aliphatic carbocycles. The van der Waals surface area contributed by atoms with Crippen molar-refractivity contribution in [3.63, 3.8) is 0 Å². The van der Waals surface area contributed by atoms with Gasteiger partial charge >= 0.3 is 0 Å². The first-order chi connectivity index (χ1) is 7.56. The second kappa shape index (κ2) is 9.70. The summed E-state index contributed by atoms with van der Waals surface area (Å²) in [6, 6.07) is 0. The molecule has 0 spiro atoms. The Hall–Kier alpha value is -0.503. The van der Waals surface area contributed by atoms with Crippen LogP contribution in [0.5, 0.6) is 0 Å². The maximum atomic E-state index is 5.60. The summed E-state index contributed by atoms with van der Waals surface area (Å²) in [5, 5.41) is 0. The Balaban J connectivity index is 3.34. The summed E-state index contributed by atoms with van der Waals surface area (Å²) in [5.74, 6) is 0. The Morgan fingerprint density at radius 3 is 2.25 bits per heavy atom. The first-order valence-corrected chi connectivity index (χ1v) is 9.96. The Morgan fingerprint density at radius 2 is 1.62 bits per heavy atom. The van der Waals surface area contributed by atoms with E-state index in [2.05, 4.69) is 38.7 Å². The zero-order valence-corrected chi connectivity index (χ0v) is 12.5. The molecule has 0 heterocycles. The van der Waals surface area contributed by atoms with Gasteiger partial charge in [-0.2, -0.15) is 0 Å². The summed E-state index contributed by atoms with van der Waals surface area (Å²) in [6.45, 7) is 8.82. The molecule has 94 valence electrons. The van der Waals surface area contributed by atoms with Crippen molar-refractivity contribution in [3.05, 3.63) is 24.5 Å². The van der Waals surface area contributed by atoms with Crippen LogP contribution in [0.2, 0.25) is 19.6 Å². The maximum absolute atomic E-state index is 5.60. The fraction of sp³-hybridized carbons (Fsp3) is 0.714. The van der Waals surface area contributed by atoms with Gasteiger partial charge in [0.05, 0.1) is 6.26 Å². The monoisotopic (exact) mass is 240 g/mol. The third kappa shape index (κ3) is 13.5. The molecule has 0 saturated heterocycles. The topological polar surface area (TPSA) is 9.23 Å². The van der Waals surface area contributed by atoms with E-state index in [4.69, 9.17) is 4.43 Å². The lowest BCUT2D eigenvalue weighted by atomic mass is 10.1. The molecular formula is C14H28OSi. The van der Waals surface area contributed by atoms with Crippen LogP contribution in [0.25, 0.3) is 0 Å². The summed E-state index contributed by atoms with van der Waals surface area (Å²) in [4.78, 5) is 0. The van der Waals surface area contributed by atoms with Gasteiger partial charge in [-0.15, -0.1) is 0 Å². The van der Waals surface area contributed by atoms with E-state index < -0.39 is 8.32 Å². The van der Waals surface area contributed by atoms with Gasteiger partial charge in [0, 0.05) is 0 Å². The SMILES string of the molecule is CCCCCCC/C=C/C=C/O[Si](C)(C)C. The number of rotatable bonds is 9. The summed E-state index contributed by atoms with van der Waals surface area (Å²) in [5.41, 5.74) is 0. The summed E-state index contributed by atoms with van der Waals surface area (Å²) >= 11 is 0. The highest BCUT2D eigenvalue weighted by Gasteiger charge is 2.12. The van der Waals surface area contributed by atoms with Crippen molar-refractivity contribution in [1.29, 1.82) is 0 Å². The number of allylic oxidation sites excluding steroid dienone is 3. The van der Waals surface area contributed by atoms with Crippen LogP contribution >= 0.6 is 0 Å². The van der Waals surface area contributed by atoms with Crippen LogP contribution in [0.4, 0.5) is 0 Å². The van der Waals surface area contributed by atoms with E-state index in [9.17, 15) is 0 Å². The minimum atomic E-state index is -1.37. The van der Waals surface area contributed by atoms with E-state index in [1.165, 1.54) is 38.5 Å². The molecule has 0 aliphatic rings. The predicted molar refractivity (Wildman–Crippen MR) is 76.1 cm³/mol. The molecule has 2 heteroatoms. The fourth-order valence-corrected chi connectivity index (χ4v) is 1.82. The van der Waals surface area contributed by atoms with Crippen molar-refractivity contribution in [2.24, 2.45) is 0 Å². The quantitative estimate of drug-likeness (QED) is 0.231. The highest BCUT2D eigenvalue weighted by molar-refractivity contribution is 6.69. The maximum Gasteiger partial charge on any atom is 0.241 e. The first kappa shape index (κ1) is 15.5. The molecule has 1 nitrogen and oxygen atoms in total. The zero-order valence-electron chi connectivity index (χ0n) is 11.5. The lowest BCUT2D eigenvalue weighted by Gasteiger charge is -2.14. The molecule has 0 aromatic rings. The molecule has 0 saturated carbocycles. The van der Waals surface area contributed by atoms with Crippen molar-refractivity contribution in [2.45, 2.75) is 65.1 Å². The first-order valence-electron chi connectivity index (χ1n) is 6.56. The molecule has 0 bridgehead atoms. The Kier molecular flexibility index (Phi) is 9.40. The molecule has 0 aromatic heterocycles. The molecule has 0 aliphatic heterocycles. The van der Waals surface area contributed by atoms with Crippen molar-refractivity contribution < 1.29 is 4.43 Å². The van der Waals surface area contributed by atoms with Crippen molar-refractivity contribution in [3.8, 4) is 0 Å². The molecule has 16 heavy (non-hydrogen) atoms. The van der Waals surface area contributed by atoms with E-state index in [0.29, 0.717) is 0 Å².